The number of urea groups is 1. The molecular formula is C14H18N6O. The first-order valence-electron chi connectivity index (χ1n) is 6.98. The molecular weight excluding hydrogens is 268 g/mol. The maximum atomic E-state index is 11.1. The third kappa shape index (κ3) is 3.13. The Morgan fingerprint density at radius 1 is 1.24 bits per heavy atom. The summed E-state index contributed by atoms with van der Waals surface area (Å²) < 4.78 is 1.72. The first-order valence-corrected chi connectivity index (χ1v) is 6.98. The summed E-state index contributed by atoms with van der Waals surface area (Å²) in [5.41, 5.74) is 7.32. The fourth-order valence-electron chi connectivity index (χ4n) is 2.53. The number of hydrogen-bond donors (Lipinski definition) is 2. The van der Waals surface area contributed by atoms with Crippen LogP contribution in [0.5, 0.6) is 0 Å². The largest absolute Gasteiger partial charge is 0.382 e. The van der Waals surface area contributed by atoms with Gasteiger partial charge in [0.1, 0.15) is 12.7 Å². The van der Waals surface area contributed by atoms with Gasteiger partial charge in [0.25, 0.3) is 0 Å². The Bertz CT molecular complexity index is 586. The van der Waals surface area contributed by atoms with Crippen LogP contribution in [-0.4, -0.2) is 44.8 Å². The van der Waals surface area contributed by atoms with Crippen LogP contribution in [0.25, 0.3) is 5.69 Å². The van der Waals surface area contributed by atoms with Crippen molar-refractivity contribution in [3.8, 4) is 5.69 Å². The highest BCUT2D eigenvalue weighted by molar-refractivity contribution is 5.72. The summed E-state index contributed by atoms with van der Waals surface area (Å²) in [6, 6.07) is 8.09. The molecule has 2 aromatic rings. The van der Waals surface area contributed by atoms with Gasteiger partial charge in [-0.2, -0.15) is 5.10 Å². The molecule has 0 radical (unpaired) electrons. The first-order chi connectivity index (χ1) is 10.2. The van der Waals surface area contributed by atoms with Gasteiger partial charge in [0.15, 0.2) is 0 Å². The molecule has 1 saturated heterocycles. The number of benzene rings is 1. The summed E-state index contributed by atoms with van der Waals surface area (Å²) in [6.07, 6.45) is 5.00. The van der Waals surface area contributed by atoms with Crippen molar-refractivity contribution >= 4 is 11.7 Å². The number of anilines is 1. The van der Waals surface area contributed by atoms with Crippen molar-refractivity contribution in [3.05, 3.63) is 36.9 Å². The van der Waals surface area contributed by atoms with E-state index in [1.165, 1.54) is 6.33 Å². The lowest BCUT2D eigenvalue weighted by Gasteiger charge is -2.31. The molecule has 7 nitrogen and oxygen atoms in total. The Hall–Kier alpha value is -2.57. The number of amides is 2. The van der Waals surface area contributed by atoms with Crippen molar-refractivity contribution in [2.75, 3.05) is 18.4 Å². The average Bonchev–Trinajstić information content (AvgIpc) is 3.03. The molecule has 0 bridgehead atoms. The highest BCUT2D eigenvalue weighted by atomic mass is 16.2. The molecule has 1 aliphatic rings. The monoisotopic (exact) mass is 286 g/mol. The minimum atomic E-state index is -0.328. The minimum Gasteiger partial charge on any atom is -0.382 e. The fraction of sp³-hybridized carbons (Fsp3) is 0.357. The number of nitrogens with one attached hydrogen (secondary N) is 1. The number of carbonyl (C=O) groups excluding carboxylic acids is 1. The number of piperidine rings is 1. The lowest BCUT2D eigenvalue weighted by atomic mass is 10.0. The number of nitrogens with zero attached hydrogens (tertiary/aromatic N) is 4. The van der Waals surface area contributed by atoms with Crippen molar-refractivity contribution in [2.45, 2.75) is 18.9 Å². The second-order valence-corrected chi connectivity index (χ2v) is 5.13. The Labute approximate surface area is 122 Å². The van der Waals surface area contributed by atoms with Gasteiger partial charge >= 0.3 is 6.03 Å². The third-order valence-corrected chi connectivity index (χ3v) is 3.73. The van der Waals surface area contributed by atoms with E-state index in [1.807, 2.05) is 24.3 Å². The van der Waals surface area contributed by atoms with Gasteiger partial charge in [-0.05, 0) is 37.1 Å². The molecule has 7 heteroatoms. The van der Waals surface area contributed by atoms with Gasteiger partial charge in [-0.15, -0.1) is 0 Å². The smallest absolute Gasteiger partial charge is 0.314 e. The molecule has 0 spiro atoms. The summed E-state index contributed by atoms with van der Waals surface area (Å²) in [5, 5.41) is 7.58. The van der Waals surface area contributed by atoms with E-state index in [9.17, 15) is 4.79 Å². The zero-order valence-corrected chi connectivity index (χ0v) is 11.6. The van der Waals surface area contributed by atoms with E-state index < -0.39 is 0 Å². The van der Waals surface area contributed by atoms with Gasteiger partial charge in [-0.3, -0.25) is 0 Å². The van der Waals surface area contributed by atoms with E-state index in [4.69, 9.17) is 5.73 Å². The van der Waals surface area contributed by atoms with Crippen molar-refractivity contribution < 1.29 is 4.79 Å². The Morgan fingerprint density at radius 2 is 1.95 bits per heavy atom. The number of aromatic nitrogens is 3. The molecule has 0 saturated carbocycles. The number of likely N-dealkylation sites (tertiary alicyclic amines) is 1. The molecule has 1 fully saturated rings. The molecule has 2 amide bonds. The average molecular weight is 286 g/mol. The minimum absolute atomic E-state index is 0.328. The second-order valence-electron chi connectivity index (χ2n) is 5.13. The zero-order valence-electron chi connectivity index (χ0n) is 11.6. The normalized spacial score (nSPS) is 15.9. The van der Waals surface area contributed by atoms with Crippen molar-refractivity contribution in [2.24, 2.45) is 5.73 Å². The van der Waals surface area contributed by atoms with Crippen LogP contribution in [0.3, 0.4) is 0 Å². The molecule has 3 rings (SSSR count). The molecule has 1 aliphatic heterocycles. The van der Waals surface area contributed by atoms with Gasteiger partial charge in [-0.1, -0.05) is 0 Å². The van der Waals surface area contributed by atoms with Crippen LogP contribution in [0.2, 0.25) is 0 Å². The summed E-state index contributed by atoms with van der Waals surface area (Å²) in [4.78, 5) is 16.7. The van der Waals surface area contributed by atoms with E-state index in [-0.39, 0.29) is 6.03 Å². The topological polar surface area (TPSA) is 89.1 Å². The van der Waals surface area contributed by atoms with Crippen LogP contribution in [0.15, 0.2) is 36.9 Å². The molecule has 1 aromatic heterocycles. The molecule has 21 heavy (non-hydrogen) atoms. The Balaban J connectivity index is 1.58. The van der Waals surface area contributed by atoms with Gasteiger partial charge in [0.05, 0.1) is 5.69 Å². The number of hydrogen-bond acceptors (Lipinski definition) is 4. The van der Waals surface area contributed by atoms with E-state index in [1.54, 1.807) is 15.9 Å². The quantitative estimate of drug-likeness (QED) is 0.888. The number of rotatable bonds is 3. The second kappa shape index (κ2) is 5.82. The van der Waals surface area contributed by atoms with E-state index in [0.717, 1.165) is 24.2 Å². The van der Waals surface area contributed by atoms with Crippen LogP contribution in [0.4, 0.5) is 10.5 Å². The van der Waals surface area contributed by atoms with Crippen LogP contribution in [0, 0.1) is 0 Å². The van der Waals surface area contributed by atoms with Gasteiger partial charge < -0.3 is 16.0 Å². The van der Waals surface area contributed by atoms with Gasteiger partial charge in [0, 0.05) is 24.8 Å². The number of nitrogens with two attached hydrogens (primary N) is 1. The predicted octanol–water partition coefficient (Wildman–Crippen LogP) is 1.22. The van der Waals surface area contributed by atoms with Crippen LogP contribution >= 0.6 is 0 Å². The van der Waals surface area contributed by atoms with Crippen molar-refractivity contribution in [3.63, 3.8) is 0 Å². The lowest BCUT2D eigenvalue weighted by Crippen LogP contribution is -2.44. The highest BCUT2D eigenvalue weighted by Crippen LogP contribution is 2.18. The molecule has 0 atom stereocenters. The molecule has 0 aliphatic carbocycles. The summed E-state index contributed by atoms with van der Waals surface area (Å²) in [6.45, 7) is 1.42. The number of carbonyl (C=O) groups is 1. The van der Waals surface area contributed by atoms with Crippen LogP contribution < -0.4 is 11.1 Å². The summed E-state index contributed by atoms with van der Waals surface area (Å²) in [7, 11) is 0. The molecule has 110 valence electrons. The zero-order chi connectivity index (χ0) is 14.7. The predicted molar refractivity (Wildman–Crippen MR) is 79.2 cm³/mol. The molecule has 1 aromatic carbocycles. The Kier molecular flexibility index (Phi) is 3.72. The van der Waals surface area contributed by atoms with Gasteiger partial charge in [0.2, 0.25) is 0 Å². The van der Waals surface area contributed by atoms with Crippen LogP contribution in [0.1, 0.15) is 12.8 Å². The number of primary amides is 1. The van der Waals surface area contributed by atoms with Crippen molar-refractivity contribution in [1.82, 2.24) is 19.7 Å². The molecule has 3 N–H and O–H groups in total. The first kappa shape index (κ1) is 13.4. The van der Waals surface area contributed by atoms with Gasteiger partial charge in [-0.25, -0.2) is 14.5 Å². The molecule has 0 unspecified atom stereocenters. The standard InChI is InChI=1S/C14H18N6O/c15-14(21)19-7-5-12(6-8-19)18-11-1-3-13(4-2-11)20-10-16-9-17-20/h1-4,9-10,12,18H,5-8H2,(H2,15,21). The van der Waals surface area contributed by atoms with Crippen molar-refractivity contribution in [1.29, 1.82) is 0 Å². The fourth-order valence-corrected chi connectivity index (χ4v) is 2.53. The third-order valence-electron chi connectivity index (χ3n) is 3.73. The highest BCUT2D eigenvalue weighted by Gasteiger charge is 2.20. The van der Waals surface area contributed by atoms with E-state index >= 15 is 0 Å². The SMILES string of the molecule is NC(=O)N1CCC(Nc2ccc(-n3cncn3)cc2)CC1. The van der Waals surface area contributed by atoms with E-state index in [0.29, 0.717) is 19.1 Å². The lowest BCUT2D eigenvalue weighted by molar-refractivity contribution is 0.193. The summed E-state index contributed by atoms with van der Waals surface area (Å²) >= 11 is 0. The maximum absolute atomic E-state index is 11.1. The molecule has 2 heterocycles. The maximum Gasteiger partial charge on any atom is 0.314 e. The summed E-state index contributed by atoms with van der Waals surface area (Å²) in [5.74, 6) is 0. The Morgan fingerprint density at radius 3 is 2.52 bits per heavy atom. The van der Waals surface area contributed by atoms with Crippen LogP contribution in [-0.2, 0) is 0 Å². The van der Waals surface area contributed by atoms with E-state index in [2.05, 4.69) is 15.4 Å².